The molecule has 0 saturated heterocycles. The third-order valence-electron chi connectivity index (χ3n) is 4.69. The van der Waals surface area contributed by atoms with Crippen LogP contribution in [0, 0.1) is 5.82 Å². The van der Waals surface area contributed by atoms with E-state index in [9.17, 15) is 23.9 Å². The van der Waals surface area contributed by atoms with Crippen LogP contribution in [0.2, 0.25) is 0 Å². The third kappa shape index (κ3) is 5.31. The van der Waals surface area contributed by atoms with Gasteiger partial charge in [0.2, 0.25) is 5.75 Å². The first-order chi connectivity index (χ1) is 15.2. The Morgan fingerprint density at radius 3 is 2.41 bits per heavy atom. The molecule has 0 aliphatic rings. The van der Waals surface area contributed by atoms with Crippen molar-refractivity contribution < 1.29 is 19.1 Å². The molecule has 8 nitrogen and oxygen atoms in total. The van der Waals surface area contributed by atoms with E-state index < -0.39 is 34.3 Å². The zero-order valence-electron chi connectivity index (χ0n) is 17.0. The number of nitrogens with zero attached hydrogens (tertiary/aromatic N) is 1. The van der Waals surface area contributed by atoms with Crippen LogP contribution in [0.25, 0.3) is 0 Å². The lowest BCUT2D eigenvalue weighted by Gasteiger charge is -2.28. The molecule has 0 radical (unpaired) electrons. The second-order valence-electron chi connectivity index (χ2n) is 7.21. The number of aromatic hydroxyl groups is 1. The number of rotatable bonds is 7. The number of hydrogen-bond acceptors (Lipinski definition) is 5. The van der Waals surface area contributed by atoms with E-state index in [2.05, 4.69) is 20.6 Å². The first-order valence-corrected chi connectivity index (χ1v) is 11.1. The lowest BCUT2D eigenvalue weighted by atomic mass is 10.0. The molecule has 0 spiro atoms. The van der Waals surface area contributed by atoms with Gasteiger partial charge in [-0.1, -0.05) is 52.9 Å². The molecule has 0 aliphatic heterocycles. The van der Waals surface area contributed by atoms with E-state index in [0.29, 0.717) is 15.6 Å². The predicted molar refractivity (Wildman–Crippen MR) is 124 cm³/mol. The lowest BCUT2D eigenvalue weighted by molar-refractivity contribution is 0.0911. The van der Waals surface area contributed by atoms with Gasteiger partial charge in [0.05, 0.1) is 0 Å². The average Bonchev–Trinajstić information content (AvgIpc) is 2.80. The maximum Gasteiger partial charge on any atom is 0.294 e. The number of nitrogens with one attached hydrogen (secondary N) is 3. The van der Waals surface area contributed by atoms with Crippen LogP contribution in [0.4, 0.5) is 4.39 Å². The fraction of sp³-hybridized carbons (Fsp3) is 0.182. The van der Waals surface area contributed by atoms with Crippen LogP contribution in [0.3, 0.4) is 0 Å². The lowest BCUT2D eigenvalue weighted by Crippen LogP contribution is -2.47. The molecule has 0 aliphatic carbocycles. The Balaban J connectivity index is 1.86. The number of halogens is 2. The van der Waals surface area contributed by atoms with Gasteiger partial charge < -0.3 is 20.7 Å². The molecule has 1 unspecified atom stereocenters. The molecular weight excluding hydrogens is 530 g/mol. The topological polar surface area (TPSA) is 124 Å². The van der Waals surface area contributed by atoms with E-state index in [-0.39, 0.29) is 18.3 Å². The molecule has 1 atom stereocenters. The second-order valence-corrected chi connectivity index (χ2v) is 7.97. The molecule has 1 aromatic heterocycles. The van der Waals surface area contributed by atoms with Crippen molar-refractivity contribution in [2.45, 2.75) is 19.0 Å². The number of benzene rings is 2. The number of carbonyl (C=O) groups excluding carboxylic acids is 2. The van der Waals surface area contributed by atoms with E-state index in [0.717, 1.165) is 0 Å². The van der Waals surface area contributed by atoms with Crippen molar-refractivity contribution in [2.24, 2.45) is 0 Å². The second kappa shape index (κ2) is 9.90. The minimum Gasteiger partial charge on any atom is -0.501 e. The summed E-state index contributed by atoms with van der Waals surface area (Å²) in [7, 11) is 0. The van der Waals surface area contributed by atoms with Crippen molar-refractivity contribution >= 4 is 34.4 Å². The Bertz CT molecular complexity index is 1180. The molecule has 2 amide bonds. The highest BCUT2D eigenvalue weighted by Gasteiger charge is 2.33. The number of hydrogen-bond donors (Lipinski definition) is 4. The standard InChI is InChI=1S/C22H20FIN4O4/c1-22(12-24,28-18(30)14-5-3-2-4-6-14)21-26-16(17(29)20(32)27-21)19(31)25-11-13-7-9-15(23)10-8-13/h2-10,29H,11-12H2,1H3,(H,25,31)(H,28,30)(H,26,27,32). The molecule has 0 bridgehead atoms. The van der Waals surface area contributed by atoms with Gasteiger partial charge in [0.1, 0.15) is 17.2 Å². The van der Waals surface area contributed by atoms with Crippen molar-refractivity contribution in [3.8, 4) is 5.75 Å². The Morgan fingerprint density at radius 2 is 1.78 bits per heavy atom. The van der Waals surface area contributed by atoms with Gasteiger partial charge in [-0.25, -0.2) is 9.37 Å². The van der Waals surface area contributed by atoms with Gasteiger partial charge in [0.25, 0.3) is 17.4 Å². The van der Waals surface area contributed by atoms with Gasteiger partial charge in [-0.05, 0) is 36.8 Å². The highest BCUT2D eigenvalue weighted by atomic mass is 127. The summed E-state index contributed by atoms with van der Waals surface area (Å²) in [5.74, 6) is -2.40. The number of aromatic amines is 1. The van der Waals surface area contributed by atoms with Crippen LogP contribution >= 0.6 is 22.6 Å². The molecule has 2 aromatic carbocycles. The first-order valence-electron chi connectivity index (χ1n) is 9.53. The van der Waals surface area contributed by atoms with Gasteiger partial charge in [-0.15, -0.1) is 0 Å². The van der Waals surface area contributed by atoms with Crippen LogP contribution < -0.4 is 16.2 Å². The van der Waals surface area contributed by atoms with Gasteiger partial charge in [-0.3, -0.25) is 14.4 Å². The summed E-state index contributed by atoms with van der Waals surface area (Å²) in [6.45, 7) is 1.69. The summed E-state index contributed by atoms with van der Waals surface area (Å²) in [5.41, 5.74) is -1.48. The molecule has 3 rings (SSSR count). The number of carbonyl (C=O) groups is 2. The minimum atomic E-state index is -1.13. The van der Waals surface area contributed by atoms with Crippen LogP contribution in [0.15, 0.2) is 59.4 Å². The number of H-pyrrole nitrogens is 1. The zero-order chi connectivity index (χ0) is 23.3. The van der Waals surface area contributed by atoms with Gasteiger partial charge in [-0.2, -0.15) is 0 Å². The largest absolute Gasteiger partial charge is 0.501 e. The zero-order valence-corrected chi connectivity index (χ0v) is 19.1. The van der Waals surface area contributed by atoms with Crippen molar-refractivity contribution in [3.05, 3.63) is 93.4 Å². The quantitative estimate of drug-likeness (QED) is 0.266. The van der Waals surface area contributed by atoms with E-state index >= 15 is 0 Å². The summed E-state index contributed by atoms with van der Waals surface area (Å²) >= 11 is 2.03. The average molecular weight is 550 g/mol. The molecule has 166 valence electrons. The van der Waals surface area contributed by atoms with E-state index in [1.54, 1.807) is 37.3 Å². The van der Waals surface area contributed by atoms with Crippen LogP contribution in [0.5, 0.6) is 5.75 Å². The fourth-order valence-corrected chi connectivity index (χ4v) is 3.38. The van der Waals surface area contributed by atoms with Crippen molar-refractivity contribution in [2.75, 3.05) is 4.43 Å². The summed E-state index contributed by atoms with van der Waals surface area (Å²) in [4.78, 5) is 44.2. The summed E-state index contributed by atoms with van der Waals surface area (Å²) < 4.78 is 13.4. The third-order valence-corrected chi connectivity index (χ3v) is 6.22. The van der Waals surface area contributed by atoms with Crippen LogP contribution in [-0.4, -0.2) is 31.3 Å². The van der Waals surface area contributed by atoms with Gasteiger partial charge in [0, 0.05) is 16.5 Å². The maximum atomic E-state index is 13.0. The fourth-order valence-electron chi connectivity index (χ4n) is 2.82. The smallest absolute Gasteiger partial charge is 0.294 e. The van der Waals surface area contributed by atoms with Crippen molar-refractivity contribution in [1.82, 2.24) is 20.6 Å². The van der Waals surface area contributed by atoms with Gasteiger partial charge in [0.15, 0.2) is 5.69 Å². The Labute approximate surface area is 196 Å². The van der Waals surface area contributed by atoms with Crippen LogP contribution in [0.1, 0.15) is 39.2 Å². The molecule has 0 saturated carbocycles. The van der Waals surface area contributed by atoms with Gasteiger partial charge >= 0.3 is 0 Å². The summed E-state index contributed by atoms with van der Waals surface area (Å²) in [5, 5.41) is 15.5. The highest BCUT2D eigenvalue weighted by Crippen LogP contribution is 2.22. The molecule has 3 aromatic rings. The SMILES string of the molecule is CC(CI)(NC(=O)c1ccccc1)c1nc(C(=O)NCc2ccc(F)cc2)c(O)c(=O)[nH]1. The predicted octanol–water partition coefficient (Wildman–Crippen LogP) is 2.62. The highest BCUT2D eigenvalue weighted by molar-refractivity contribution is 14.1. The Kier molecular flexibility index (Phi) is 7.23. The normalized spacial score (nSPS) is 12.6. The monoisotopic (exact) mass is 550 g/mol. The Morgan fingerprint density at radius 1 is 1.12 bits per heavy atom. The summed E-state index contributed by atoms with van der Waals surface area (Å²) in [6, 6.07) is 14.0. The van der Waals surface area contributed by atoms with E-state index in [4.69, 9.17) is 0 Å². The number of aromatic nitrogens is 2. The number of amides is 2. The first kappa shape index (κ1) is 23.4. The minimum absolute atomic E-state index is 0.0194. The van der Waals surface area contributed by atoms with E-state index in [1.165, 1.54) is 24.3 Å². The van der Waals surface area contributed by atoms with E-state index in [1.807, 2.05) is 22.6 Å². The molecule has 1 heterocycles. The molecule has 10 heteroatoms. The van der Waals surface area contributed by atoms with Crippen LogP contribution in [-0.2, 0) is 12.1 Å². The Hall–Kier alpha value is -3.28. The number of alkyl halides is 1. The summed E-state index contributed by atoms with van der Waals surface area (Å²) in [6.07, 6.45) is 0. The van der Waals surface area contributed by atoms with Crippen molar-refractivity contribution in [3.63, 3.8) is 0 Å². The maximum absolute atomic E-state index is 13.0. The molecular formula is C22H20FIN4O4. The molecule has 4 N–H and O–H groups in total. The van der Waals surface area contributed by atoms with Crippen molar-refractivity contribution in [1.29, 1.82) is 0 Å². The molecule has 32 heavy (non-hydrogen) atoms. The molecule has 0 fully saturated rings.